The molecule has 102 valence electrons. The largest absolute Gasteiger partial charge is 0.383 e. The second-order valence-corrected chi connectivity index (χ2v) is 4.79. The first-order valence-corrected chi connectivity index (χ1v) is 6.66. The molecule has 2 aromatic heterocycles. The van der Waals surface area contributed by atoms with Gasteiger partial charge in [0.15, 0.2) is 0 Å². The fourth-order valence-corrected chi connectivity index (χ4v) is 2.50. The number of nitrogens with zero attached hydrogens (tertiary/aromatic N) is 4. The number of hydrogen-bond donors (Lipinski definition) is 1. The predicted molar refractivity (Wildman–Crippen MR) is 71.2 cm³/mol. The van der Waals surface area contributed by atoms with Gasteiger partial charge in [-0.25, -0.2) is 4.98 Å². The number of imidazole rings is 1. The van der Waals surface area contributed by atoms with Crippen molar-refractivity contribution < 1.29 is 4.74 Å². The Morgan fingerprint density at radius 2 is 2.42 bits per heavy atom. The maximum absolute atomic E-state index is 5.06. The molecule has 1 N–H and O–H groups in total. The van der Waals surface area contributed by atoms with E-state index >= 15 is 0 Å². The highest BCUT2D eigenvalue weighted by Gasteiger charge is 2.20. The van der Waals surface area contributed by atoms with Crippen LogP contribution >= 0.6 is 0 Å². The summed E-state index contributed by atoms with van der Waals surface area (Å²) in [6.45, 7) is 2.52. The van der Waals surface area contributed by atoms with Gasteiger partial charge in [-0.1, -0.05) is 0 Å². The zero-order chi connectivity index (χ0) is 13.1. The highest BCUT2D eigenvalue weighted by atomic mass is 16.5. The molecule has 1 atom stereocenters. The third kappa shape index (κ3) is 2.54. The lowest BCUT2D eigenvalue weighted by Crippen LogP contribution is -2.16. The number of nitrogens with one attached hydrogen (secondary N) is 1. The van der Waals surface area contributed by atoms with Crippen molar-refractivity contribution in [2.45, 2.75) is 25.4 Å². The Hall–Kier alpha value is -1.66. The monoisotopic (exact) mass is 261 g/mol. The quantitative estimate of drug-likeness (QED) is 0.877. The van der Waals surface area contributed by atoms with E-state index in [0.717, 1.165) is 18.8 Å². The van der Waals surface area contributed by atoms with Crippen LogP contribution in [0.4, 0.5) is 0 Å². The van der Waals surface area contributed by atoms with Crippen LogP contribution < -0.4 is 5.32 Å². The van der Waals surface area contributed by atoms with Crippen molar-refractivity contribution >= 4 is 0 Å². The van der Waals surface area contributed by atoms with Crippen LogP contribution in [0.1, 0.15) is 24.6 Å². The SMILES string of the molecule is COCCn1cc(-n2cncc2[C@@H]2CCCN2)cn1. The van der Waals surface area contributed by atoms with Crippen molar-refractivity contribution in [1.82, 2.24) is 24.6 Å². The molecule has 3 rings (SSSR count). The van der Waals surface area contributed by atoms with Gasteiger partial charge in [0.25, 0.3) is 0 Å². The van der Waals surface area contributed by atoms with Crippen LogP contribution in [-0.4, -0.2) is 39.6 Å². The van der Waals surface area contributed by atoms with Crippen LogP contribution in [0.5, 0.6) is 0 Å². The zero-order valence-corrected chi connectivity index (χ0v) is 11.1. The first-order chi connectivity index (χ1) is 9.38. The molecule has 0 saturated carbocycles. The van der Waals surface area contributed by atoms with E-state index < -0.39 is 0 Å². The van der Waals surface area contributed by atoms with Crippen LogP contribution in [0, 0.1) is 0 Å². The standard InChI is InChI=1S/C13H19N5O/c1-19-6-5-17-9-11(7-16-17)18-10-14-8-13(18)12-3-2-4-15-12/h7-10,12,15H,2-6H2,1H3/t12-/m0/s1. The Bertz CT molecular complexity index is 527. The Labute approximate surface area is 112 Å². The average Bonchev–Trinajstić information content (AvgIpc) is 3.14. The second-order valence-electron chi connectivity index (χ2n) is 4.79. The van der Waals surface area contributed by atoms with Gasteiger partial charge in [0.2, 0.25) is 0 Å². The van der Waals surface area contributed by atoms with Gasteiger partial charge in [-0.05, 0) is 19.4 Å². The molecule has 19 heavy (non-hydrogen) atoms. The van der Waals surface area contributed by atoms with E-state index in [1.54, 1.807) is 7.11 Å². The fraction of sp³-hybridized carbons (Fsp3) is 0.538. The van der Waals surface area contributed by atoms with Gasteiger partial charge in [-0.2, -0.15) is 5.10 Å². The topological polar surface area (TPSA) is 56.9 Å². The van der Waals surface area contributed by atoms with Crippen LogP contribution in [-0.2, 0) is 11.3 Å². The number of methoxy groups -OCH3 is 1. The van der Waals surface area contributed by atoms with E-state index in [9.17, 15) is 0 Å². The Balaban J connectivity index is 1.81. The van der Waals surface area contributed by atoms with Gasteiger partial charge < -0.3 is 10.1 Å². The number of hydrogen-bond acceptors (Lipinski definition) is 4. The number of ether oxygens (including phenoxy) is 1. The normalized spacial score (nSPS) is 19.1. The molecular weight excluding hydrogens is 242 g/mol. The minimum atomic E-state index is 0.407. The summed E-state index contributed by atoms with van der Waals surface area (Å²) in [7, 11) is 1.70. The minimum absolute atomic E-state index is 0.407. The number of rotatable bonds is 5. The van der Waals surface area contributed by atoms with E-state index in [4.69, 9.17) is 4.74 Å². The molecule has 6 heteroatoms. The maximum Gasteiger partial charge on any atom is 0.0995 e. The van der Waals surface area contributed by atoms with Gasteiger partial charge in [0, 0.05) is 19.3 Å². The summed E-state index contributed by atoms with van der Waals surface area (Å²) in [5.74, 6) is 0. The van der Waals surface area contributed by atoms with Crippen molar-refractivity contribution in [3.8, 4) is 5.69 Å². The van der Waals surface area contributed by atoms with E-state index in [-0.39, 0.29) is 0 Å². The summed E-state index contributed by atoms with van der Waals surface area (Å²) in [5, 5.41) is 7.85. The fourth-order valence-electron chi connectivity index (χ4n) is 2.50. The second kappa shape index (κ2) is 5.54. The zero-order valence-electron chi connectivity index (χ0n) is 11.1. The van der Waals surface area contributed by atoms with Gasteiger partial charge in [0.05, 0.1) is 43.3 Å². The summed E-state index contributed by atoms with van der Waals surface area (Å²) in [4.78, 5) is 4.28. The third-order valence-corrected chi connectivity index (χ3v) is 3.51. The Morgan fingerprint density at radius 3 is 3.21 bits per heavy atom. The molecule has 0 aliphatic carbocycles. The summed E-state index contributed by atoms with van der Waals surface area (Å²) in [5.41, 5.74) is 2.26. The van der Waals surface area contributed by atoms with Crippen LogP contribution in [0.2, 0.25) is 0 Å². The van der Waals surface area contributed by atoms with Crippen LogP contribution in [0.15, 0.2) is 24.9 Å². The molecule has 1 aliphatic rings. The van der Waals surface area contributed by atoms with Crippen LogP contribution in [0.3, 0.4) is 0 Å². The van der Waals surface area contributed by atoms with Crippen molar-refractivity contribution in [2.75, 3.05) is 20.3 Å². The predicted octanol–water partition coefficient (Wildman–Crippen LogP) is 1.14. The van der Waals surface area contributed by atoms with Gasteiger partial charge >= 0.3 is 0 Å². The average molecular weight is 261 g/mol. The molecule has 1 saturated heterocycles. The van der Waals surface area contributed by atoms with E-state index in [1.165, 1.54) is 18.5 Å². The maximum atomic E-state index is 5.06. The highest BCUT2D eigenvalue weighted by Crippen LogP contribution is 2.24. The molecule has 0 aromatic carbocycles. The lowest BCUT2D eigenvalue weighted by Gasteiger charge is -2.12. The van der Waals surface area contributed by atoms with E-state index in [2.05, 4.69) is 20.0 Å². The summed E-state index contributed by atoms with van der Waals surface area (Å²) in [6, 6.07) is 0.407. The molecule has 0 amide bonds. The Kier molecular flexibility index (Phi) is 3.61. The van der Waals surface area contributed by atoms with Gasteiger partial charge in [-0.3, -0.25) is 9.25 Å². The van der Waals surface area contributed by atoms with E-state index in [1.807, 2.05) is 29.6 Å². The summed E-state index contributed by atoms with van der Waals surface area (Å²) >= 11 is 0. The van der Waals surface area contributed by atoms with Crippen molar-refractivity contribution in [2.24, 2.45) is 0 Å². The molecule has 0 unspecified atom stereocenters. The first kappa shape index (κ1) is 12.4. The van der Waals surface area contributed by atoms with Crippen molar-refractivity contribution in [1.29, 1.82) is 0 Å². The third-order valence-electron chi connectivity index (χ3n) is 3.51. The van der Waals surface area contributed by atoms with E-state index in [0.29, 0.717) is 12.6 Å². The summed E-state index contributed by atoms with van der Waals surface area (Å²) in [6.07, 6.45) is 10.1. The molecule has 0 bridgehead atoms. The molecule has 6 nitrogen and oxygen atoms in total. The molecule has 2 aromatic rings. The lowest BCUT2D eigenvalue weighted by atomic mass is 10.2. The first-order valence-electron chi connectivity index (χ1n) is 6.66. The van der Waals surface area contributed by atoms with Crippen molar-refractivity contribution in [3.05, 3.63) is 30.6 Å². The minimum Gasteiger partial charge on any atom is -0.383 e. The molecule has 3 heterocycles. The van der Waals surface area contributed by atoms with Gasteiger partial charge in [-0.15, -0.1) is 0 Å². The van der Waals surface area contributed by atoms with Crippen LogP contribution in [0.25, 0.3) is 5.69 Å². The summed E-state index contributed by atoms with van der Waals surface area (Å²) < 4.78 is 9.06. The Morgan fingerprint density at radius 1 is 1.47 bits per heavy atom. The molecule has 0 spiro atoms. The lowest BCUT2D eigenvalue weighted by molar-refractivity contribution is 0.183. The molecular formula is C13H19N5O. The molecule has 1 fully saturated rings. The smallest absolute Gasteiger partial charge is 0.0995 e. The number of aromatic nitrogens is 4. The highest BCUT2D eigenvalue weighted by molar-refractivity contribution is 5.29. The molecule has 1 aliphatic heterocycles. The molecule has 0 radical (unpaired) electrons. The van der Waals surface area contributed by atoms with Gasteiger partial charge in [0.1, 0.15) is 0 Å². The van der Waals surface area contributed by atoms with Crippen molar-refractivity contribution in [3.63, 3.8) is 0 Å².